The molecular formula is C18H18ClNO. The lowest BCUT2D eigenvalue weighted by atomic mass is 9.93. The van der Waals surface area contributed by atoms with Gasteiger partial charge < -0.3 is 10.5 Å². The average Bonchev–Trinajstić information content (AvgIpc) is 3.33. The summed E-state index contributed by atoms with van der Waals surface area (Å²) in [6.07, 6.45) is 3.48. The fourth-order valence-electron chi connectivity index (χ4n) is 3.08. The van der Waals surface area contributed by atoms with E-state index in [-0.39, 0.29) is 12.1 Å². The molecule has 108 valence electrons. The van der Waals surface area contributed by atoms with Crippen molar-refractivity contribution >= 4 is 11.6 Å². The Morgan fingerprint density at radius 1 is 1.00 bits per heavy atom. The van der Waals surface area contributed by atoms with Gasteiger partial charge in [0, 0.05) is 23.0 Å². The summed E-state index contributed by atoms with van der Waals surface area (Å²) >= 11 is 6.04. The molecule has 0 amide bonds. The number of rotatable bonds is 2. The third kappa shape index (κ3) is 2.54. The van der Waals surface area contributed by atoms with Crippen LogP contribution in [0.1, 0.15) is 54.0 Å². The minimum Gasteiger partial charge on any atom is -0.485 e. The smallest absolute Gasteiger partial charge is 0.126 e. The lowest BCUT2D eigenvalue weighted by molar-refractivity contribution is 0.161. The van der Waals surface area contributed by atoms with E-state index in [1.54, 1.807) is 0 Å². The Hall–Kier alpha value is -1.51. The Morgan fingerprint density at radius 2 is 1.71 bits per heavy atom. The van der Waals surface area contributed by atoms with Gasteiger partial charge in [0.2, 0.25) is 0 Å². The maximum Gasteiger partial charge on any atom is 0.126 e. The van der Waals surface area contributed by atoms with Crippen LogP contribution in [0.15, 0.2) is 42.5 Å². The number of halogens is 1. The zero-order valence-corrected chi connectivity index (χ0v) is 12.5. The second kappa shape index (κ2) is 5.04. The molecule has 1 heterocycles. The Labute approximate surface area is 129 Å². The van der Waals surface area contributed by atoms with Crippen LogP contribution in [-0.4, -0.2) is 0 Å². The molecule has 1 aliphatic carbocycles. The summed E-state index contributed by atoms with van der Waals surface area (Å²) in [5.41, 5.74) is 9.95. The van der Waals surface area contributed by atoms with Crippen LogP contribution in [0.2, 0.25) is 5.02 Å². The molecule has 2 N–H and O–H groups in total. The standard InChI is InChI=1S/C18H18ClNO/c19-14-7-8-17-15(9-14)16(20)10-18(21-17)13-5-3-12(4-6-13)11-1-2-11/h3-9,11,16,18H,1-2,10,20H2. The summed E-state index contributed by atoms with van der Waals surface area (Å²) in [6, 6.07) is 14.5. The molecular weight excluding hydrogens is 282 g/mol. The number of hydrogen-bond donors (Lipinski definition) is 1. The fourth-order valence-corrected chi connectivity index (χ4v) is 3.26. The van der Waals surface area contributed by atoms with Gasteiger partial charge in [-0.25, -0.2) is 0 Å². The third-order valence-electron chi connectivity index (χ3n) is 4.47. The van der Waals surface area contributed by atoms with Gasteiger partial charge in [-0.1, -0.05) is 35.9 Å². The maximum absolute atomic E-state index is 6.29. The molecule has 0 bridgehead atoms. The van der Waals surface area contributed by atoms with E-state index in [0.29, 0.717) is 5.02 Å². The number of hydrogen-bond acceptors (Lipinski definition) is 2. The first-order valence-electron chi connectivity index (χ1n) is 7.52. The summed E-state index contributed by atoms with van der Waals surface area (Å²) < 4.78 is 6.12. The van der Waals surface area contributed by atoms with Crippen LogP contribution in [0.25, 0.3) is 0 Å². The molecule has 1 aliphatic heterocycles. The van der Waals surface area contributed by atoms with Gasteiger partial charge in [0.05, 0.1) is 0 Å². The van der Waals surface area contributed by atoms with Crippen molar-refractivity contribution in [1.29, 1.82) is 0 Å². The van der Waals surface area contributed by atoms with Crippen molar-refractivity contribution in [1.82, 2.24) is 0 Å². The van der Waals surface area contributed by atoms with Crippen molar-refractivity contribution in [2.75, 3.05) is 0 Å². The van der Waals surface area contributed by atoms with Gasteiger partial charge >= 0.3 is 0 Å². The molecule has 2 nitrogen and oxygen atoms in total. The van der Waals surface area contributed by atoms with Crippen molar-refractivity contribution in [3.8, 4) is 5.75 Å². The quantitative estimate of drug-likeness (QED) is 0.869. The Bertz CT molecular complexity index is 663. The molecule has 0 aromatic heterocycles. The highest BCUT2D eigenvalue weighted by Gasteiger charge is 2.28. The van der Waals surface area contributed by atoms with Crippen molar-refractivity contribution in [2.45, 2.75) is 37.3 Å². The first-order valence-corrected chi connectivity index (χ1v) is 7.90. The largest absolute Gasteiger partial charge is 0.485 e. The van der Waals surface area contributed by atoms with E-state index in [1.165, 1.54) is 24.0 Å². The second-order valence-electron chi connectivity index (χ2n) is 6.07. The molecule has 0 radical (unpaired) electrons. The molecule has 1 fully saturated rings. The second-order valence-corrected chi connectivity index (χ2v) is 6.51. The maximum atomic E-state index is 6.29. The highest BCUT2D eigenvalue weighted by molar-refractivity contribution is 6.30. The Kier molecular flexibility index (Phi) is 3.16. The fraction of sp³-hybridized carbons (Fsp3) is 0.333. The van der Waals surface area contributed by atoms with Gasteiger partial charge in [0.25, 0.3) is 0 Å². The summed E-state index contributed by atoms with van der Waals surface area (Å²) in [7, 11) is 0. The predicted molar refractivity (Wildman–Crippen MR) is 84.8 cm³/mol. The molecule has 3 heteroatoms. The van der Waals surface area contributed by atoms with E-state index in [2.05, 4.69) is 24.3 Å². The molecule has 0 spiro atoms. The first-order chi connectivity index (χ1) is 10.2. The van der Waals surface area contributed by atoms with Gasteiger partial charge in [0.1, 0.15) is 11.9 Å². The SMILES string of the molecule is NC1CC(c2ccc(C3CC3)cc2)Oc2ccc(Cl)cc21. The number of benzene rings is 2. The van der Waals surface area contributed by atoms with Gasteiger partial charge in [-0.2, -0.15) is 0 Å². The van der Waals surface area contributed by atoms with Crippen LogP contribution in [0.5, 0.6) is 5.75 Å². The van der Waals surface area contributed by atoms with Crippen LogP contribution in [-0.2, 0) is 0 Å². The Balaban J connectivity index is 1.60. The Morgan fingerprint density at radius 3 is 2.43 bits per heavy atom. The van der Waals surface area contributed by atoms with Crippen molar-refractivity contribution in [3.63, 3.8) is 0 Å². The van der Waals surface area contributed by atoms with E-state index < -0.39 is 0 Å². The van der Waals surface area contributed by atoms with Gasteiger partial charge in [-0.3, -0.25) is 0 Å². The van der Waals surface area contributed by atoms with Crippen LogP contribution in [0, 0.1) is 0 Å². The molecule has 2 unspecified atom stereocenters. The van der Waals surface area contributed by atoms with E-state index in [9.17, 15) is 0 Å². The lowest BCUT2D eigenvalue weighted by Gasteiger charge is -2.30. The number of ether oxygens (including phenoxy) is 1. The molecule has 2 atom stereocenters. The van der Waals surface area contributed by atoms with E-state index >= 15 is 0 Å². The zero-order valence-electron chi connectivity index (χ0n) is 11.8. The number of nitrogens with two attached hydrogens (primary N) is 1. The van der Waals surface area contributed by atoms with E-state index in [4.69, 9.17) is 22.1 Å². The number of fused-ring (bicyclic) bond motifs is 1. The summed E-state index contributed by atoms with van der Waals surface area (Å²) in [6.45, 7) is 0. The van der Waals surface area contributed by atoms with Gasteiger partial charge in [-0.15, -0.1) is 0 Å². The molecule has 2 aromatic carbocycles. The average molecular weight is 300 g/mol. The summed E-state index contributed by atoms with van der Waals surface area (Å²) in [4.78, 5) is 0. The molecule has 0 saturated heterocycles. The monoisotopic (exact) mass is 299 g/mol. The molecule has 1 saturated carbocycles. The highest BCUT2D eigenvalue weighted by Crippen LogP contribution is 2.43. The normalized spacial score (nSPS) is 24.3. The van der Waals surface area contributed by atoms with Crippen LogP contribution in [0.4, 0.5) is 0 Å². The van der Waals surface area contributed by atoms with E-state index in [0.717, 1.165) is 23.7 Å². The molecule has 2 aromatic rings. The van der Waals surface area contributed by atoms with Gasteiger partial charge in [0.15, 0.2) is 0 Å². The predicted octanol–water partition coefficient (Wildman–Crippen LogP) is 4.74. The minimum absolute atomic E-state index is 0.0273. The van der Waals surface area contributed by atoms with Crippen molar-refractivity contribution in [3.05, 3.63) is 64.2 Å². The topological polar surface area (TPSA) is 35.2 Å². The molecule has 2 aliphatic rings. The summed E-state index contributed by atoms with van der Waals surface area (Å²) in [5, 5.41) is 0.708. The third-order valence-corrected chi connectivity index (χ3v) is 4.70. The van der Waals surface area contributed by atoms with E-state index in [1.807, 2.05) is 18.2 Å². The van der Waals surface area contributed by atoms with Gasteiger partial charge in [-0.05, 0) is 48.1 Å². The van der Waals surface area contributed by atoms with Crippen LogP contribution in [0.3, 0.4) is 0 Å². The molecule has 4 rings (SSSR count). The highest BCUT2D eigenvalue weighted by atomic mass is 35.5. The van der Waals surface area contributed by atoms with Crippen molar-refractivity contribution < 1.29 is 4.74 Å². The zero-order chi connectivity index (χ0) is 14.4. The minimum atomic E-state index is -0.0273. The van der Waals surface area contributed by atoms with Crippen LogP contribution < -0.4 is 10.5 Å². The first kappa shape index (κ1) is 13.2. The van der Waals surface area contributed by atoms with Crippen molar-refractivity contribution in [2.24, 2.45) is 5.73 Å². The van der Waals surface area contributed by atoms with Crippen LogP contribution >= 0.6 is 11.6 Å². The lowest BCUT2D eigenvalue weighted by Crippen LogP contribution is -2.24. The summed E-state index contributed by atoms with van der Waals surface area (Å²) in [5.74, 6) is 1.64. The molecule has 21 heavy (non-hydrogen) atoms.